The van der Waals surface area contributed by atoms with Gasteiger partial charge in [-0.3, -0.25) is 0 Å². The first-order valence-corrected chi connectivity index (χ1v) is 9.70. The molecule has 0 saturated heterocycles. The fourth-order valence-corrected chi connectivity index (χ4v) is 3.81. The van der Waals surface area contributed by atoms with Crippen molar-refractivity contribution in [2.75, 3.05) is 24.3 Å². The van der Waals surface area contributed by atoms with Crippen LogP contribution in [0.4, 0.5) is 5.69 Å². The van der Waals surface area contributed by atoms with E-state index in [4.69, 9.17) is 5.73 Å². The molecule has 3 N–H and O–H groups in total. The van der Waals surface area contributed by atoms with Gasteiger partial charge in [-0.05, 0) is 12.1 Å². The Balaban J connectivity index is 2.39. The number of nitrogens with one attached hydrogen (secondary N) is 1. The molecule has 0 bridgehead atoms. The normalized spacial score (nSPS) is 12.6. The third-order valence-electron chi connectivity index (χ3n) is 2.97. The first-order valence-electron chi connectivity index (χ1n) is 6.15. The summed E-state index contributed by atoms with van der Waals surface area (Å²) in [5.74, 6) is -0.251. The Morgan fingerprint density at radius 1 is 1.00 bits per heavy atom. The van der Waals surface area contributed by atoms with E-state index in [1.165, 1.54) is 12.1 Å². The number of sulfonamides is 1. The third-order valence-corrected chi connectivity index (χ3v) is 5.44. The van der Waals surface area contributed by atoms with Crippen LogP contribution in [0.25, 0.3) is 10.8 Å². The number of anilines is 1. The molecule has 0 aliphatic rings. The second-order valence-electron chi connectivity index (χ2n) is 4.73. The molecule has 0 spiro atoms. The van der Waals surface area contributed by atoms with Crippen LogP contribution in [-0.2, 0) is 19.9 Å². The van der Waals surface area contributed by atoms with Crippen molar-refractivity contribution >= 4 is 36.3 Å². The highest BCUT2D eigenvalue weighted by Crippen LogP contribution is 2.27. The number of nitrogen functional groups attached to an aromatic ring is 1. The van der Waals surface area contributed by atoms with E-state index in [-0.39, 0.29) is 17.2 Å². The maximum Gasteiger partial charge on any atom is 0.241 e. The van der Waals surface area contributed by atoms with Crippen molar-refractivity contribution in [1.29, 1.82) is 0 Å². The molecule has 2 rings (SSSR count). The fourth-order valence-electron chi connectivity index (χ4n) is 1.97. The summed E-state index contributed by atoms with van der Waals surface area (Å²) in [4.78, 5) is 0.0841. The Morgan fingerprint density at radius 2 is 1.62 bits per heavy atom. The molecule has 2 aromatic rings. The van der Waals surface area contributed by atoms with Crippen LogP contribution in [0.1, 0.15) is 0 Å². The van der Waals surface area contributed by atoms with Crippen LogP contribution < -0.4 is 10.5 Å². The van der Waals surface area contributed by atoms with Gasteiger partial charge in [0.15, 0.2) is 0 Å². The molecule has 0 aromatic heterocycles. The monoisotopic (exact) mass is 328 g/mol. The van der Waals surface area contributed by atoms with Gasteiger partial charge in [0.2, 0.25) is 10.0 Å². The van der Waals surface area contributed by atoms with Gasteiger partial charge in [-0.1, -0.05) is 24.3 Å². The molecule has 0 aliphatic carbocycles. The molecule has 0 saturated carbocycles. The van der Waals surface area contributed by atoms with Crippen LogP contribution in [0.5, 0.6) is 0 Å². The molecule has 0 amide bonds. The third kappa shape index (κ3) is 3.72. The smallest absolute Gasteiger partial charge is 0.241 e. The molecule has 2 aromatic carbocycles. The summed E-state index contributed by atoms with van der Waals surface area (Å²) < 4.78 is 49.0. The van der Waals surface area contributed by atoms with Crippen LogP contribution in [0.15, 0.2) is 41.3 Å². The molecule has 8 heteroatoms. The number of rotatable bonds is 5. The molecule has 0 radical (unpaired) electrons. The van der Waals surface area contributed by atoms with Crippen LogP contribution in [0, 0.1) is 0 Å². The molecule has 6 nitrogen and oxygen atoms in total. The van der Waals surface area contributed by atoms with E-state index in [9.17, 15) is 16.8 Å². The Hall–Kier alpha value is -1.64. The summed E-state index contributed by atoms with van der Waals surface area (Å²) in [6, 6.07) is 9.83. The van der Waals surface area contributed by atoms with Crippen molar-refractivity contribution in [1.82, 2.24) is 4.72 Å². The average molecular weight is 328 g/mol. The van der Waals surface area contributed by atoms with Gasteiger partial charge in [0, 0.05) is 29.3 Å². The van der Waals surface area contributed by atoms with Crippen molar-refractivity contribution in [3.63, 3.8) is 0 Å². The van der Waals surface area contributed by atoms with Gasteiger partial charge < -0.3 is 5.73 Å². The lowest BCUT2D eigenvalue weighted by Crippen LogP contribution is -2.29. The van der Waals surface area contributed by atoms with Gasteiger partial charge in [-0.25, -0.2) is 21.6 Å². The molecular formula is C13H16N2O4S2. The molecule has 0 heterocycles. The van der Waals surface area contributed by atoms with E-state index in [1.807, 2.05) is 0 Å². The number of benzene rings is 2. The van der Waals surface area contributed by atoms with Crippen molar-refractivity contribution in [3.8, 4) is 0 Å². The molecule has 0 fully saturated rings. The van der Waals surface area contributed by atoms with E-state index in [1.54, 1.807) is 24.3 Å². The standard InChI is InChI=1S/C13H16N2O4S2/c1-20(16,17)9-8-15-21(18,19)13-7-6-12(14)10-4-2-3-5-11(10)13/h2-7,15H,8-9,14H2,1H3. The summed E-state index contributed by atoms with van der Waals surface area (Å²) in [5.41, 5.74) is 6.32. The van der Waals surface area contributed by atoms with E-state index in [2.05, 4.69) is 4.72 Å². The van der Waals surface area contributed by atoms with Crippen molar-refractivity contribution in [2.24, 2.45) is 0 Å². The van der Waals surface area contributed by atoms with Crippen LogP contribution in [0.2, 0.25) is 0 Å². The lowest BCUT2D eigenvalue weighted by Gasteiger charge is -2.10. The second kappa shape index (κ2) is 5.63. The Bertz CT molecular complexity index is 874. The lowest BCUT2D eigenvalue weighted by atomic mass is 10.1. The topological polar surface area (TPSA) is 106 Å². The van der Waals surface area contributed by atoms with Crippen LogP contribution >= 0.6 is 0 Å². The highest BCUT2D eigenvalue weighted by atomic mass is 32.2. The van der Waals surface area contributed by atoms with Gasteiger partial charge in [-0.2, -0.15) is 0 Å². The molecular weight excluding hydrogens is 312 g/mol. The zero-order valence-corrected chi connectivity index (χ0v) is 13.0. The number of nitrogens with two attached hydrogens (primary N) is 1. The molecule has 0 atom stereocenters. The van der Waals surface area contributed by atoms with Crippen molar-refractivity contribution in [3.05, 3.63) is 36.4 Å². The highest BCUT2D eigenvalue weighted by Gasteiger charge is 2.18. The number of fused-ring (bicyclic) bond motifs is 1. The molecule has 0 aliphatic heterocycles. The van der Waals surface area contributed by atoms with Gasteiger partial charge in [-0.15, -0.1) is 0 Å². The minimum atomic E-state index is -3.80. The Morgan fingerprint density at radius 3 is 2.24 bits per heavy atom. The Kier molecular flexibility index (Phi) is 4.22. The predicted molar refractivity (Wildman–Crippen MR) is 83.3 cm³/mol. The van der Waals surface area contributed by atoms with Crippen molar-refractivity contribution in [2.45, 2.75) is 4.90 Å². The molecule has 0 unspecified atom stereocenters. The molecule has 21 heavy (non-hydrogen) atoms. The number of hydrogen-bond acceptors (Lipinski definition) is 5. The van der Waals surface area contributed by atoms with E-state index in [0.29, 0.717) is 16.5 Å². The van der Waals surface area contributed by atoms with Gasteiger partial charge >= 0.3 is 0 Å². The van der Waals surface area contributed by atoms with Gasteiger partial charge in [0.25, 0.3) is 0 Å². The largest absolute Gasteiger partial charge is 0.398 e. The maximum atomic E-state index is 12.3. The lowest BCUT2D eigenvalue weighted by molar-refractivity contribution is 0.583. The molecule has 114 valence electrons. The quantitative estimate of drug-likeness (QED) is 0.788. The van der Waals surface area contributed by atoms with Gasteiger partial charge in [0.05, 0.1) is 10.6 Å². The zero-order chi connectivity index (χ0) is 15.7. The second-order valence-corrected chi connectivity index (χ2v) is 8.72. The van der Waals surface area contributed by atoms with Gasteiger partial charge in [0.1, 0.15) is 9.84 Å². The fraction of sp³-hybridized carbons (Fsp3) is 0.231. The minimum Gasteiger partial charge on any atom is -0.398 e. The van der Waals surface area contributed by atoms with Crippen LogP contribution in [-0.4, -0.2) is 35.4 Å². The van der Waals surface area contributed by atoms with E-state index in [0.717, 1.165) is 6.26 Å². The summed E-state index contributed by atoms with van der Waals surface area (Å²) in [7, 11) is -7.02. The van der Waals surface area contributed by atoms with Crippen molar-refractivity contribution < 1.29 is 16.8 Å². The van der Waals surface area contributed by atoms with E-state index >= 15 is 0 Å². The number of sulfone groups is 1. The summed E-state index contributed by atoms with van der Waals surface area (Å²) in [6.45, 7) is -0.167. The minimum absolute atomic E-state index is 0.0841. The SMILES string of the molecule is CS(=O)(=O)CCNS(=O)(=O)c1ccc(N)c2ccccc12. The summed E-state index contributed by atoms with van der Waals surface area (Å²) in [5, 5.41) is 1.15. The van der Waals surface area contributed by atoms with E-state index < -0.39 is 19.9 Å². The first-order chi connectivity index (χ1) is 9.71. The Labute approximate surface area is 123 Å². The maximum absolute atomic E-state index is 12.3. The summed E-state index contributed by atoms with van der Waals surface area (Å²) in [6.07, 6.45) is 1.06. The average Bonchev–Trinajstić information content (AvgIpc) is 2.37. The van der Waals surface area contributed by atoms with Crippen LogP contribution in [0.3, 0.4) is 0 Å². The first kappa shape index (κ1) is 15.7. The predicted octanol–water partition coefficient (Wildman–Crippen LogP) is 0.745. The highest BCUT2D eigenvalue weighted by molar-refractivity contribution is 7.91. The zero-order valence-electron chi connectivity index (χ0n) is 11.4. The number of hydrogen-bond donors (Lipinski definition) is 2. The summed E-state index contributed by atoms with van der Waals surface area (Å²) >= 11 is 0.